The third kappa shape index (κ3) is 5.16. The molecular weight excluding hydrogens is 624 g/mol. The van der Waals surface area contributed by atoms with Gasteiger partial charge >= 0.3 is 196 Å². The maximum atomic E-state index is 13.9. The molecule has 0 unspecified atom stereocenters. The zero-order chi connectivity index (χ0) is 23.8. The summed E-state index contributed by atoms with van der Waals surface area (Å²) in [6.45, 7) is 3.72. The first kappa shape index (κ1) is 24.3. The fourth-order valence-corrected chi connectivity index (χ4v) is 4.54. The molecule has 0 atom stereocenters. The van der Waals surface area contributed by atoms with Gasteiger partial charge in [0.1, 0.15) is 0 Å². The van der Waals surface area contributed by atoms with Gasteiger partial charge in [-0.2, -0.15) is 0 Å². The molecule has 0 aliphatic rings. The van der Waals surface area contributed by atoms with E-state index in [-0.39, 0.29) is 3.90 Å². The van der Waals surface area contributed by atoms with E-state index in [2.05, 4.69) is 6.58 Å². The van der Waals surface area contributed by atoms with Gasteiger partial charge < -0.3 is 0 Å². The number of rotatable bonds is 4. The normalized spacial score (nSPS) is 12.8. The Kier molecular flexibility index (Phi) is 6.73. The van der Waals surface area contributed by atoms with Crippen LogP contribution in [0.1, 0.15) is 22.3 Å². The minimum atomic E-state index is -4.91. The van der Waals surface area contributed by atoms with E-state index in [0.717, 1.165) is 12.1 Å². The van der Waals surface area contributed by atoms with Crippen molar-refractivity contribution in [1.29, 1.82) is 0 Å². The maximum absolute atomic E-state index is 13.9. The summed E-state index contributed by atoms with van der Waals surface area (Å²) in [6.07, 6.45) is -8.88. The van der Waals surface area contributed by atoms with Crippen molar-refractivity contribution in [3.05, 3.63) is 94.5 Å². The Morgan fingerprint density at radius 3 is 2.00 bits per heavy atom. The number of allylic oxidation sites excluding steroid dienone is 2. The molecule has 32 heavy (non-hydrogen) atoms. The van der Waals surface area contributed by atoms with Gasteiger partial charge in [0.2, 0.25) is 0 Å². The van der Waals surface area contributed by atoms with Crippen LogP contribution in [0.2, 0.25) is 5.02 Å². The molecule has 0 saturated heterocycles. The van der Waals surface area contributed by atoms with Crippen molar-refractivity contribution in [2.24, 2.45) is 5.73 Å². The van der Waals surface area contributed by atoms with E-state index >= 15 is 0 Å². The Hall–Kier alpha value is -2.37. The van der Waals surface area contributed by atoms with Crippen LogP contribution in [0.5, 0.6) is 0 Å². The monoisotopic (exact) mass is 637 g/mol. The molecule has 0 aliphatic heterocycles. The van der Waals surface area contributed by atoms with Gasteiger partial charge in [0.25, 0.3) is 0 Å². The predicted octanol–water partition coefficient (Wildman–Crippen LogP) is 7.15. The molecule has 2 N–H and O–H groups in total. The zero-order valence-electron chi connectivity index (χ0n) is 16.1. The second-order valence-corrected chi connectivity index (χ2v) is 8.89. The van der Waals surface area contributed by atoms with Crippen LogP contribution < -0.4 is 5.73 Å². The van der Waals surface area contributed by atoms with Crippen LogP contribution in [0, 0.1) is 0 Å². The molecule has 9 heteroatoms. The van der Waals surface area contributed by atoms with Crippen molar-refractivity contribution in [2.45, 2.75) is 12.4 Å². The first-order valence-corrected chi connectivity index (χ1v) is 10.8. The third-order valence-electron chi connectivity index (χ3n) is 4.65. The van der Waals surface area contributed by atoms with Crippen molar-refractivity contribution in [3.63, 3.8) is 0 Å². The van der Waals surface area contributed by atoms with E-state index in [1.807, 2.05) is 0 Å². The fourth-order valence-electron chi connectivity index (χ4n) is 3.24. The van der Waals surface area contributed by atoms with Crippen LogP contribution in [-0.4, -0.2) is 10.1 Å². The Morgan fingerprint density at radius 1 is 0.906 bits per heavy atom. The van der Waals surface area contributed by atoms with Crippen molar-refractivity contribution in [2.75, 3.05) is 0 Å². The molecule has 1 nitrogen and oxygen atoms in total. The topological polar surface area (TPSA) is 26.0 Å². The van der Waals surface area contributed by atoms with Gasteiger partial charge in [0.15, 0.2) is 0 Å². The number of halogens is 7. The number of alkyl halides is 6. The van der Waals surface area contributed by atoms with E-state index < -0.39 is 34.1 Å². The molecule has 0 radical (unpaired) electrons. The van der Waals surface area contributed by atoms with Crippen LogP contribution in [0.25, 0.3) is 22.0 Å². The fraction of sp³-hybridized carbons (Fsp3) is 0.0870. The summed E-state index contributed by atoms with van der Waals surface area (Å²) in [5, 5.41) is 0.924. The molecule has 0 saturated carbocycles. The summed E-state index contributed by atoms with van der Waals surface area (Å²) in [5.41, 5.74) is 4.17. The van der Waals surface area contributed by atoms with Crippen LogP contribution in [0.3, 0.4) is 0 Å². The SMILES string of the molecule is C=C(N)c1ccc([C](=[W])/C=C(/c2cc(Cl)cc(C(F)(F)F)c2)C(F)(F)F)c2ccccc12. The molecular formula is C23H14ClF6NW. The third-order valence-corrected chi connectivity index (χ3v) is 6.08. The van der Waals surface area contributed by atoms with Crippen molar-refractivity contribution >= 4 is 37.5 Å². The molecule has 3 rings (SSSR count). The number of benzene rings is 3. The molecule has 0 fully saturated rings. The Bertz CT molecular complexity index is 1260. The zero-order valence-corrected chi connectivity index (χ0v) is 19.8. The molecule has 3 aromatic carbocycles. The molecule has 0 aliphatic carbocycles. The molecule has 0 aromatic heterocycles. The number of hydrogen-bond acceptors (Lipinski definition) is 1. The second kappa shape index (κ2) is 8.87. The van der Waals surface area contributed by atoms with Gasteiger partial charge in [-0.3, -0.25) is 0 Å². The molecule has 0 amide bonds. The van der Waals surface area contributed by atoms with E-state index in [4.69, 9.17) is 17.3 Å². The number of nitrogens with two attached hydrogens (primary N) is 1. The molecule has 0 spiro atoms. The molecule has 0 heterocycles. The Labute approximate surface area is 195 Å². The van der Waals surface area contributed by atoms with Crippen LogP contribution in [0.15, 0.2) is 67.3 Å². The standard InChI is InChI=1S/C23H14ClF6N.W/c1-13(31)18-8-6-14(19-4-2-3-5-20(18)19)7-9-21(23(28,29)30)15-10-16(22(25,26)27)12-17(24)11-15;/h2-6,8-12H,1,31H2;/b21-9-;. The van der Waals surface area contributed by atoms with E-state index in [9.17, 15) is 26.3 Å². The number of fused-ring (bicyclic) bond motifs is 1. The van der Waals surface area contributed by atoms with Gasteiger partial charge in [-0.1, -0.05) is 0 Å². The van der Waals surface area contributed by atoms with Crippen LogP contribution in [-0.2, 0) is 25.5 Å². The minimum absolute atomic E-state index is 0.288. The van der Waals surface area contributed by atoms with Crippen LogP contribution in [0.4, 0.5) is 26.3 Å². The van der Waals surface area contributed by atoms with Gasteiger partial charge in [-0.15, -0.1) is 0 Å². The van der Waals surface area contributed by atoms with Gasteiger partial charge in [-0.25, -0.2) is 0 Å². The summed E-state index contributed by atoms with van der Waals surface area (Å²) in [4.78, 5) is 0. The first-order valence-electron chi connectivity index (χ1n) is 8.97. The molecule has 166 valence electrons. The Balaban J connectivity index is 2.20. The average molecular weight is 638 g/mol. The molecule has 0 bridgehead atoms. The summed E-state index contributed by atoms with van der Waals surface area (Å²) < 4.78 is 81.4. The van der Waals surface area contributed by atoms with E-state index in [1.165, 1.54) is 0 Å². The number of hydrogen-bond donors (Lipinski definition) is 1. The summed E-state index contributed by atoms with van der Waals surface area (Å²) in [6, 6.07) is 12.2. The van der Waals surface area contributed by atoms with Crippen molar-refractivity contribution in [3.8, 4) is 0 Å². The quantitative estimate of drug-likeness (QED) is 0.302. The first-order chi connectivity index (χ1) is 14.8. The predicted molar refractivity (Wildman–Crippen MR) is 112 cm³/mol. The average Bonchev–Trinajstić information content (AvgIpc) is 2.68. The van der Waals surface area contributed by atoms with E-state index in [0.29, 0.717) is 59.1 Å². The Morgan fingerprint density at radius 2 is 1.47 bits per heavy atom. The van der Waals surface area contributed by atoms with Gasteiger partial charge in [0.05, 0.1) is 0 Å². The summed E-state index contributed by atoms with van der Waals surface area (Å²) >= 11 is 6.41. The van der Waals surface area contributed by atoms with Gasteiger partial charge in [-0.05, 0) is 0 Å². The molecule has 3 aromatic rings. The van der Waals surface area contributed by atoms with E-state index in [1.54, 1.807) is 36.4 Å². The van der Waals surface area contributed by atoms with Crippen molar-refractivity contribution in [1.82, 2.24) is 0 Å². The van der Waals surface area contributed by atoms with Crippen LogP contribution >= 0.6 is 11.6 Å². The van der Waals surface area contributed by atoms with Gasteiger partial charge in [0, 0.05) is 0 Å². The summed E-state index contributed by atoms with van der Waals surface area (Å²) in [5.74, 6) is 0. The summed E-state index contributed by atoms with van der Waals surface area (Å²) in [7, 11) is 0. The van der Waals surface area contributed by atoms with Crippen molar-refractivity contribution < 1.29 is 45.7 Å². The second-order valence-electron chi connectivity index (χ2n) is 6.88.